The third-order valence-electron chi connectivity index (χ3n) is 2.78. The van der Waals surface area contributed by atoms with E-state index in [1.165, 1.54) is 0 Å². The molecule has 1 aromatic carbocycles. The van der Waals surface area contributed by atoms with Crippen molar-refractivity contribution >= 4 is 27.5 Å². The third kappa shape index (κ3) is 2.52. The summed E-state index contributed by atoms with van der Waals surface area (Å²) in [7, 11) is 1.64. The van der Waals surface area contributed by atoms with Crippen molar-refractivity contribution in [1.82, 2.24) is 0 Å². The van der Waals surface area contributed by atoms with Crippen LogP contribution in [-0.2, 0) is 16.1 Å². The number of carbonyl (C=O) groups is 1. The summed E-state index contributed by atoms with van der Waals surface area (Å²) < 4.78 is 11.7. The summed E-state index contributed by atoms with van der Waals surface area (Å²) in [4.78, 5) is 11.9. The summed E-state index contributed by atoms with van der Waals surface area (Å²) in [5.41, 5.74) is 1.67. The lowest BCUT2D eigenvalue weighted by Crippen LogP contribution is -2.40. The number of ether oxygens (including phenoxy) is 2. The molecular weight excluding hydrogens is 298 g/mol. The second-order valence-electron chi connectivity index (χ2n) is 4.66. The number of nitrogens with one attached hydrogen (secondary N) is 1. The normalized spacial score (nSPS) is 18.3. The van der Waals surface area contributed by atoms with E-state index >= 15 is 0 Å². The SMILES string of the molecule is COCc1cc(Br)c2c(c1)NC(=O)C(C(C)C)O2. The van der Waals surface area contributed by atoms with Crippen molar-refractivity contribution in [3.8, 4) is 5.75 Å². The zero-order valence-corrected chi connectivity index (χ0v) is 12.2. The van der Waals surface area contributed by atoms with E-state index < -0.39 is 6.10 Å². The number of hydrogen-bond acceptors (Lipinski definition) is 3. The number of methoxy groups -OCH3 is 1. The Morgan fingerprint density at radius 3 is 2.83 bits per heavy atom. The summed E-state index contributed by atoms with van der Waals surface area (Å²) in [6, 6.07) is 3.81. The highest BCUT2D eigenvalue weighted by atomic mass is 79.9. The Kier molecular flexibility index (Phi) is 3.92. The highest BCUT2D eigenvalue weighted by molar-refractivity contribution is 9.10. The van der Waals surface area contributed by atoms with Crippen molar-refractivity contribution in [3.05, 3.63) is 22.2 Å². The molecule has 0 spiro atoms. The van der Waals surface area contributed by atoms with E-state index in [0.29, 0.717) is 18.0 Å². The van der Waals surface area contributed by atoms with Gasteiger partial charge in [0.2, 0.25) is 0 Å². The molecule has 1 atom stereocenters. The lowest BCUT2D eigenvalue weighted by atomic mass is 10.0. The maximum absolute atomic E-state index is 11.9. The molecule has 0 fully saturated rings. The van der Waals surface area contributed by atoms with Crippen LogP contribution >= 0.6 is 15.9 Å². The molecule has 0 saturated heterocycles. The van der Waals surface area contributed by atoms with E-state index in [9.17, 15) is 4.79 Å². The molecule has 0 aromatic heterocycles. The molecular formula is C13H16BrNO3. The maximum Gasteiger partial charge on any atom is 0.265 e. The molecule has 1 heterocycles. The Hall–Kier alpha value is -1.07. The van der Waals surface area contributed by atoms with E-state index in [4.69, 9.17) is 9.47 Å². The second-order valence-corrected chi connectivity index (χ2v) is 5.51. The molecule has 1 aliphatic heterocycles. The van der Waals surface area contributed by atoms with Gasteiger partial charge in [-0.15, -0.1) is 0 Å². The molecule has 1 amide bonds. The molecule has 0 bridgehead atoms. The Morgan fingerprint density at radius 2 is 2.22 bits per heavy atom. The molecule has 18 heavy (non-hydrogen) atoms. The van der Waals surface area contributed by atoms with Crippen molar-refractivity contribution in [2.75, 3.05) is 12.4 Å². The third-order valence-corrected chi connectivity index (χ3v) is 3.37. The highest BCUT2D eigenvalue weighted by Crippen LogP contribution is 2.39. The van der Waals surface area contributed by atoms with Crippen LogP contribution in [0.2, 0.25) is 0 Å². The van der Waals surface area contributed by atoms with Crippen molar-refractivity contribution in [2.24, 2.45) is 5.92 Å². The minimum atomic E-state index is -0.443. The summed E-state index contributed by atoms with van der Waals surface area (Å²) in [6.07, 6.45) is -0.443. The average molecular weight is 314 g/mol. The molecule has 1 unspecified atom stereocenters. The lowest BCUT2D eigenvalue weighted by Gasteiger charge is -2.29. The zero-order chi connectivity index (χ0) is 13.3. The number of carbonyl (C=O) groups excluding carboxylic acids is 1. The first-order chi connectivity index (χ1) is 8.52. The molecule has 2 rings (SSSR count). The topological polar surface area (TPSA) is 47.6 Å². The molecule has 0 radical (unpaired) electrons. The first-order valence-corrected chi connectivity index (χ1v) is 6.61. The van der Waals surface area contributed by atoms with Gasteiger partial charge in [-0.2, -0.15) is 0 Å². The summed E-state index contributed by atoms with van der Waals surface area (Å²) >= 11 is 3.47. The van der Waals surface area contributed by atoms with E-state index in [0.717, 1.165) is 10.0 Å². The Labute approximate surface area is 115 Å². The number of benzene rings is 1. The van der Waals surface area contributed by atoms with Crippen molar-refractivity contribution < 1.29 is 14.3 Å². The first kappa shape index (κ1) is 13.4. The van der Waals surface area contributed by atoms with Gasteiger partial charge in [-0.3, -0.25) is 4.79 Å². The van der Waals surface area contributed by atoms with Gasteiger partial charge >= 0.3 is 0 Å². The standard InChI is InChI=1S/C13H16BrNO3/c1-7(2)11-13(16)15-10-5-8(6-17-3)4-9(14)12(10)18-11/h4-5,7,11H,6H2,1-3H3,(H,15,16). The van der Waals surface area contributed by atoms with Crippen LogP contribution < -0.4 is 10.1 Å². The van der Waals surface area contributed by atoms with Gasteiger partial charge in [0.25, 0.3) is 5.91 Å². The Balaban J connectivity index is 2.36. The molecule has 0 aliphatic carbocycles. The van der Waals surface area contributed by atoms with Crippen LogP contribution in [0.4, 0.5) is 5.69 Å². The van der Waals surface area contributed by atoms with Gasteiger partial charge in [-0.1, -0.05) is 13.8 Å². The monoisotopic (exact) mass is 313 g/mol. The Morgan fingerprint density at radius 1 is 1.50 bits per heavy atom. The number of fused-ring (bicyclic) bond motifs is 1. The van der Waals surface area contributed by atoms with Gasteiger partial charge in [0.05, 0.1) is 16.8 Å². The number of rotatable bonds is 3. The summed E-state index contributed by atoms with van der Waals surface area (Å²) in [5, 5.41) is 2.88. The quantitative estimate of drug-likeness (QED) is 0.933. The van der Waals surface area contributed by atoms with Gasteiger partial charge in [0, 0.05) is 7.11 Å². The molecule has 0 saturated carbocycles. The molecule has 5 heteroatoms. The van der Waals surface area contributed by atoms with E-state index in [1.54, 1.807) is 7.11 Å². The van der Waals surface area contributed by atoms with Gasteiger partial charge in [0.15, 0.2) is 11.9 Å². The van der Waals surface area contributed by atoms with Crippen LogP contribution in [-0.4, -0.2) is 19.1 Å². The Bertz CT molecular complexity index is 474. The van der Waals surface area contributed by atoms with Crippen LogP contribution in [0.25, 0.3) is 0 Å². The summed E-state index contributed by atoms with van der Waals surface area (Å²) in [6.45, 7) is 4.42. The molecule has 1 aromatic rings. The van der Waals surface area contributed by atoms with Crippen LogP contribution in [0, 0.1) is 5.92 Å². The maximum atomic E-state index is 11.9. The van der Waals surface area contributed by atoms with Crippen molar-refractivity contribution in [2.45, 2.75) is 26.6 Å². The van der Waals surface area contributed by atoms with Crippen LogP contribution in [0.3, 0.4) is 0 Å². The molecule has 1 aliphatic rings. The summed E-state index contributed by atoms with van der Waals surface area (Å²) in [5.74, 6) is 0.718. The van der Waals surface area contributed by atoms with Crippen LogP contribution in [0.5, 0.6) is 5.75 Å². The number of hydrogen-bond donors (Lipinski definition) is 1. The fourth-order valence-electron chi connectivity index (χ4n) is 1.94. The number of amides is 1. The van der Waals surface area contributed by atoms with Gasteiger partial charge < -0.3 is 14.8 Å². The minimum Gasteiger partial charge on any atom is -0.477 e. The first-order valence-electron chi connectivity index (χ1n) is 5.81. The molecule has 98 valence electrons. The van der Waals surface area contributed by atoms with Gasteiger partial charge in [-0.05, 0) is 39.5 Å². The minimum absolute atomic E-state index is 0.0982. The van der Waals surface area contributed by atoms with Crippen LogP contribution in [0.15, 0.2) is 16.6 Å². The predicted molar refractivity (Wildman–Crippen MR) is 72.7 cm³/mol. The van der Waals surface area contributed by atoms with Crippen molar-refractivity contribution in [3.63, 3.8) is 0 Å². The van der Waals surface area contributed by atoms with E-state index in [2.05, 4.69) is 21.2 Å². The molecule has 1 N–H and O–H groups in total. The molecule has 4 nitrogen and oxygen atoms in total. The van der Waals surface area contributed by atoms with E-state index in [-0.39, 0.29) is 11.8 Å². The fourth-order valence-corrected chi connectivity index (χ4v) is 2.54. The van der Waals surface area contributed by atoms with Gasteiger partial charge in [-0.25, -0.2) is 0 Å². The predicted octanol–water partition coefficient (Wildman–Crippen LogP) is 2.95. The lowest BCUT2D eigenvalue weighted by molar-refractivity contribution is -0.125. The smallest absolute Gasteiger partial charge is 0.265 e. The number of anilines is 1. The van der Waals surface area contributed by atoms with Gasteiger partial charge in [0.1, 0.15) is 0 Å². The average Bonchev–Trinajstić information content (AvgIpc) is 2.28. The number of halogens is 1. The zero-order valence-electron chi connectivity index (χ0n) is 10.6. The highest BCUT2D eigenvalue weighted by Gasteiger charge is 2.31. The largest absolute Gasteiger partial charge is 0.477 e. The fraction of sp³-hybridized carbons (Fsp3) is 0.462. The van der Waals surface area contributed by atoms with E-state index in [1.807, 2.05) is 26.0 Å². The van der Waals surface area contributed by atoms with Crippen molar-refractivity contribution in [1.29, 1.82) is 0 Å². The van der Waals surface area contributed by atoms with Crippen LogP contribution in [0.1, 0.15) is 19.4 Å². The second kappa shape index (κ2) is 5.28.